The van der Waals surface area contributed by atoms with Gasteiger partial charge in [0.2, 0.25) is 0 Å². The summed E-state index contributed by atoms with van der Waals surface area (Å²) in [6.07, 6.45) is 4.52. The Morgan fingerprint density at radius 3 is 2.64 bits per heavy atom. The second kappa shape index (κ2) is 11.3. The summed E-state index contributed by atoms with van der Waals surface area (Å²) in [5.74, 6) is 2.28. The average Bonchev–Trinajstić information content (AvgIpc) is 2.89. The number of aryl methyl sites for hydroxylation is 2. The van der Waals surface area contributed by atoms with E-state index in [1.165, 1.54) is 0 Å². The summed E-state index contributed by atoms with van der Waals surface area (Å²) in [7, 11) is 0. The zero-order valence-electron chi connectivity index (χ0n) is 20.6. The zero-order valence-corrected chi connectivity index (χ0v) is 20.6. The Bertz CT molecular complexity index is 1370. The number of nitrogens with zero attached hydrogens (tertiary/aromatic N) is 4. The number of nitrogens with one attached hydrogen (secondary N) is 3. The molecule has 4 aromatic rings. The Labute approximate surface area is 210 Å². The SMILES string of the molecule is Cc1nc(-c2ccccn2)c(Oc2ccnc(Nc3cccc(CCC(=N)N=N)c3)c2)cc1C(C)C. The molecule has 1 aromatic carbocycles. The molecule has 0 amide bonds. The van der Waals surface area contributed by atoms with E-state index in [-0.39, 0.29) is 5.84 Å². The minimum Gasteiger partial charge on any atom is -0.455 e. The number of ether oxygens (including phenoxy) is 1. The van der Waals surface area contributed by atoms with E-state index >= 15 is 0 Å². The van der Waals surface area contributed by atoms with Crippen LogP contribution in [0.5, 0.6) is 11.5 Å². The minimum atomic E-state index is 0.0659. The molecule has 0 atom stereocenters. The molecule has 0 aliphatic rings. The number of rotatable bonds is 9. The lowest BCUT2D eigenvalue weighted by Gasteiger charge is -2.16. The number of anilines is 2. The predicted molar refractivity (Wildman–Crippen MR) is 142 cm³/mol. The number of pyridine rings is 3. The van der Waals surface area contributed by atoms with Crippen molar-refractivity contribution in [1.29, 1.82) is 10.9 Å². The van der Waals surface area contributed by atoms with Gasteiger partial charge in [0.05, 0.1) is 5.69 Å². The van der Waals surface area contributed by atoms with Crippen molar-refractivity contribution in [3.8, 4) is 22.9 Å². The Balaban J connectivity index is 1.59. The standard InChI is InChI=1S/C28H29N7O/c1-18(2)23-17-25(28(33-19(23)3)24-9-4-5-13-31-24)36-22-12-14-32-27(16-22)34-21-8-6-7-20(15-21)10-11-26(29)35-30/h4-9,12-18,29-30H,10-11H2,1-3H3,(H,32,34). The Morgan fingerprint density at radius 1 is 1.03 bits per heavy atom. The van der Waals surface area contributed by atoms with Crippen LogP contribution in [-0.4, -0.2) is 20.8 Å². The molecule has 0 bridgehead atoms. The van der Waals surface area contributed by atoms with E-state index in [4.69, 9.17) is 20.7 Å². The number of aromatic nitrogens is 3. The third-order valence-electron chi connectivity index (χ3n) is 5.69. The van der Waals surface area contributed by atoms with Crippen molar-refractivity contribution in [3.05, 3.63) is 89.9 Å². The van der Waals surface area contributed by atoms with Crippen molar-refractivity contribution in [3.63, 3.8) is 0 Å². The van der Waals surface area contributed by atoms with E-state index in [0.717, 1.165) is 28.2 Å². The summed E-state index contributed by atoms with van der Waals surface area (Å²) in [5, 5.41) is 14.0. The highest BCUT2D eigenvalue weighted by Crippen LogP contribution is 2.35. The number of amidine groups is 1. The van der Waals surface area contributed by atoms with Gasteiger partial charge in [0.1, 0.15) is 23.1 Å². The molecule has 182 valence electrons. The maximum Gasteiger partial charge on any atom is 0.155 e. The van der Waals surface area contributed by atoms with Gasteiger partial charge in [0.25, 0.3) is 0 Å². The quantitative estimate of drug-likeness (QED) is 0.131. The van der Waals surface area contributed by atoms with Crippen molar-refractivity contribution in [2.24, 2.45) is 5.11 Å². The summed E-state index contributed by atoms with van der Waals surface area (Å²) in [6.45, 7) is 6.29. The summed E-state index contributed by atoms with van der Waals surface area (Å²) < 4.78 is 6.35. The Morgan fingerprint density at radius 2 is 1.89 bits per heavy atom. The van der Waals surface area contributed by atoms with Gasteiger partial charge in [-0.25, -0.2) is 15.5 Å². The van der Waals surface area contributed by atoms with Crippen LogP contribution in [-0.2, 0) is 6.42 Å². The van der Waals surface area contributed by atoms with Crippen molar-refractivity contribution in [1.82, 2.24) is 15.0 Å². The molecule has 3 heterocycles. The molecule has 8 nitrogen and oxygen atoms in total. The molecule has 8 heteroatoms. The van der Waals surface area contributed by atoms with Gasteiger partial charge in [0, 0.05) is 36.3 Å². The second-order valence-electron chi connectivity index (χ2n) is 8.74. The van der Waals surface area contributed by atoms with Gasteiger partial charge in [-0.3, -0.25) is 10.4 Å². The first-order chi connectivity index (χ1) is 17.4. The van der Waals surface area contributed by atoms with Crippen LogP contribution < -0.4 is 10.1 Å². The number of benzene rings is 1. The molecule has 0 aliphatic heterocycles. The molecule has 0 spiro atoms. The van der Waals surface area contributed by atoms with Crippen LogP contribution in [0.1, 0.15) is 43.0 Å². The van der Waals surface area contributed by atoms with Crippen LogP contribution in [0.3, 0.4) is 0 Å². The molecule has 0 saturated carbocycles. The van der Waals surface area contributed by atoms with Crippen LogP contribution in [0.2, 0.25) is 0 Å². The lowest BCUT2D eigenvalue weighted by Crippen LogP contribution is -2.01. The molecular weight excluding hydrogens is 450 g/mol. The molecule has 3 N–H and O–H groups in total. The number of hydrogen-bond donors (Lipinski definition) is 3. The fourth-order valence-electron chi connectivity index (χ4n) is 3.89. The molecule has 0 fully saturated rings. The largest absolute Gasteiger partial charge is 0.455 e. The highest BCUT2D eigenvalue weighted by atomic mass is 16.5. The molecule has 4 rings (SSSR count). The molecule has 0 saturated heterocycles. The molecule has 0 radical (unpaired) electrons. The summed E-state index contributed by atoms with van der Waals surface area (Å²) in [5.41, 5.74) is 12.4. The third kappa shape index (κ3) is 6.15. The van der Waals surface area contributed by atoms with Crippen LogP contribution in [0.15, 0.2) is 78.2 Å². The highest BCUT2D eigenvalue weighted by molar-refractivity contribution is 5.79. The first kappa shape index (κ1) is 24.7. The second-order valence-corrected chi connectivity index (χ2v) is 8.74. The minimum absolute atomic E-state index is 0.0659. The van der Waals surface area contributed by atoms with Crippen molar-refractivity contribution < 1.29 is 4.74 Å². The molecular formula is C28H29N7O. The van der Waals surface area contributed by atoms with Crippen LogP contribution >= 0.6 is 0 Å². The zero-order chi connectivity index (χ0) is 25.5. The van der Waals surface area contributed by atoms with Gasteiger partial charge in [-0.2, -0.15) is 0 Å². The fourth-order valence-corrected chi connectivity index (χ4v) is 3.89. The van der Waals surface area contributed by atoms with Gasteiger partial charge >= 0.3 is 0 Å². The van der Waals surface area contributed by atoms with Crippen molar-refractivity contribution >= 4 is 17.3 Å². The van der Waals surface area contributed by atoms with Crippen molar-refractivity contribution in [2.45, 2.75) is 39.5 Å². The van der Waals surface area contributed by atoms with E-state index in [0.29, 0.717) is 41.8 Å². The first-order valence-electron chi connectivity index (χ1n) is 11.8. The van der Waals surface area contributed by atoms with Gasteiger partial charge in [-0.1, -0.05) is 32.0 Å². The van der Waals surface area contributed by atoms with Crippen LogP contribution in [0.4, 0.5) is 11.5 Å². The summed E-state index contributed by atoms with van der Waals surface area (Å²) in [6, 6.07) is 19.4. The lowest BCUT2D eigenvalue weighted by atomic mass is 10.0. The van der Waals surface area contributed by atoms with Gasteiger partial charge in [0.15, 0.2) is 5.75 Å². The fraction of sp³-hybridized carbons (Fsp3) is 0.214. The van der Waals surface area contributed by atoms with Gasteiger partial charge < -0.3 is 10.1 Å². The van der Waals surface area contributed by atoms with Crippen molar-refractivity contribution in [2.75, 3.05) is 5.32 Å². The van der Waals surface area contributed by atoms with E-state index in [1.54, 1.807) is 12.4 Å². The van der Waals surface area contributed by atoms with Crippen LogP contribution in [0, 0.1) is 17.9 Å². The molecule has 0 aliphatic carbocycles. The topological polar surface area (TPSA) is 120 Å². The third-order valence-corrected chi connectivity index (χ3v) is 5.69. The Kier molecular flexibility index (Phi) is 7.75. The summed E-state index contributed by atoms with van der Waals surface area (Å²) >= 11 is 0. The van der Waals surface area contributed by atoms with Gasteiger partial charge in [-0.05, 0) is 66.8 Å². The first-order valence-corrected chi connectivity index (χ1v) is 11.8. The van der Waals surface area contributed by atoms with E-state index < -0.39 is 0 Å². The monoisotopic (exact) mass is 479 g/mol. The van der Waals surface area contributed by atoms with Crippen LogP contribution in [0.25, 0.3) is 11.4 Å². The average molecular weight is 480 g/mol. The van der Waals surface area contributed by atoms with Gasteiger partial charge in [-0.15, -0.1) is 5.11 Å². The summed E-state index contributed by atoms with van der Waals surface area (Å²) in [4.78, 5) is 13.8. The lowest BCUT2D eigenvalue weighted by molar-refractivity contribution is 0.480. The highest BCUT2D eigenvalue weighted by Gasteiger charge is 2.16. The normalized spacial score (nSPS) is 10.8. The van der Waals surface area contributed by atoms with E-state index in [1.807, 2.05) is 61.5 Å². The predicted octanol–water partition coefficient (Wildman–Crippen LogP) is 7.45. The van der Waals surface area contributed by atoms with E-state index in [9.17, 15) is 0 Å². The maximum absolute atomic E-state index is 7.55. The number of hydrogen-bond acceptors (Lipinski definition) is 7. The van der Waals surface area contributed by atoms with E-state index in [2.05, 4.69) is 40.3 Å². The smallest absolute Gasteiger partial charge is 0.155 e. The molecule has 0 unspecified atom stereocenters. The molecule has 3 aromatic heterocycles. The maximum atomic E-state index is 7.55. The Hall–Kier alpha value is -4.46. The molecule has 36 heavy (non-hydrogen) atoms.